The third kappa shape index (κ3) is 4.92. The zero-order valence-corrected chi connectivity index (χ0v) is 17.9. The summed E-state index contributed by atoms with van der Waals surface area (Å²) < 4.78 is 5.27. The lowest BCUT2D eigenvalue weighted by Gasteiger charge is -2.27. The second-order valence-corrected chi connectivity index (χ2v) is 8.10. The Kier molecular flexibility index (Phi) is 7.31. The molecular formula is C22H32N4O4. The molecule has 8 heteroatoms. The first-order valence-corrected chi connectivity index (χ1v) is 10.8. The summed E-state index contributed by atoms with van der Waals surface area (Å²) in [7, 11) is 1.55. The fraction of sp³-hybridized carbons (Fsp3) is 0.591. The maximum atomic E-state index is 13.1. The van der Waals surface area contributed by atoms with Crippen molar-refractivity contribution < 1.29 is 19.1 Å². The highest BCUT2D eigenvalue weighted by atomic mass is 16.5. The number of para-hydroxylation sites is 2. The summed E-state index contributed by atoms with van der Waals surface area (Å²) >= 11 is 0. The first kappa shape index (κ1) is 22.1. The molecule has 1 aromatic rings. The summed E-state index contributed by atoms with van der Waals surface area (Å²) in [5, 5.41) is 5.81. The van der Waals surface area contributed by atoms with E-state index in [1.165, 1.54) is 4.90 Å². The number of hydrogen-bond acceptors (Lipinski definition) is 5. The lowest BCUT2D eigenvalue weighted by Crippen LogP contribution is -2.48. The molecule has 2 aliphatic rings. The van der Waals surface area contributed by atoms with Gasteiger partial charge in [0, 0.05) is 6.54 Å². The van der Waals surface area contributed by atoms with Crippen molar-refractivity contribution in [3.63, 3.8) is 0 Å². The summed E-state index contributed by atoms with van der Waals surface area (Å²) in [4.78, 5) is 41.5. The summed E-state index contributed by atoms with van der Waals surface area (Å²) in [6.07, 6.45) is 6.26. The van der Waals surface area contributed by atoms with Gasteiger partial charge in [0.1, 0.15) is 11.3 Å². The van der Waals surface area contributed by atoms with Crippen molar-refractivity contribution in [3.05, 3.63) is 24.3 Å². The van der Waals surface area contributed by atoms with Crippen molar-refractivity contribution >= 4 is 23.5 Å². The van der Waals surface area contributed by atoms with Gasteiger partial charge in [0.15, 0.2) is 0 Å². The molecule has 0 radical (unpaired) electrons. The van der Waals surface area contributed by atoms with Crippen molar-refractivity contribution in [2.75, 3.05) is 32.2 Å². The Balaban J connectivity index is 1.65. The number of nitrogens with one attached hydrogen (secondary N) is 2. The van der Waals surface area contributed by atoms with E-state index in [1.807, 2.05) is 24.0 Å². The predicted octanol–water partition coefficient (Wildman–Crippen LogP) is 2.95. The lowest BCUT2D eigenvalue weighted by molar-refractivity contribution is -0.134. The molecule has 4 amide bonds. The van der Waals surface area contributed by atoms with Gasteiger partial charge in [0.05, 0.1) is 26.0 Å². The van der Waals surface area contributed by atoms with Gasteiger partial charge >= 0.3 is 6.03 Å². The molecule has 1 aliphatic carbocycles. The number of amides is 4. The number of carbonyl (C=O) groups is 3. The molecule has 0 unspecified atom stereocenters. The molecule has 2 fully saturated rings. The van der Waals surface area contributed by atoms with E-state index < -0.39 is 5.54 Å². The number of carbonyl (C=O) groups excluding carboxylic acids is 3. The number of ether oxygens (including phenoxy) is 1. The first-order valence-electron chi connectivity index (χ1n) is 10.8. The highest BCUT2D eigenvalue weighted by molar-refractivity contribution is 6.07. The van der Waals surface area contributed by atoms with E-state index in [9.17, 15) is 14.4 Å². The SMILES string of the molecule is CCCN(CC(=O)Nc1ccccc1OC)CN1C(=O)NC2(CCCCCC2)C1=O. The minimum absolute atomic E-state index is 0.0793. The molecule has 2 N–H and O–H groups in total. The molecule has 0 atom stereocenters. The van der Waals surface area contributed by atoms with Crippen molar-refractivity contribution in [1.29, 1.82) is 0 Å². The molecule has 0 aromatic heterocycles. The number of anilines is 1. The number of benzene rings is 1. The first-order chi connectivity index (χ1) is 14.5. The van der Waals surface area contributed by atoms with Crippen LogP contribution in [0.1, 0.15) is 51.9 Å². The average molecular weight is 417 g/mol. The Hall–Kier alpha value is -2.61. The van der Waals surface area contributed by atoms with E-state index in [-0.39, 0.29) is 31.1 Å². The quantitative estimate of drug-likeness (QED) is 0.636. The van der Waals surface area contributed by atoms with E-state index >= 15 is 0 Å². The van der Waals surface area contributed by atoms with E-state index in [1.54, 1.807) is 19.2 Å². The van der Waals surface area contributed by atoms with Crippen LogP contribution in [0.5, 0.6) is 5.75 Å². The highest BCUT2D eigenvalue weighted by Gasteiger charge is 2.50. The molecule has 30 heavy (non-hydrogen) atoms. The normalized spacial score (nSPS) is 18.4. The van der Waals surface area contributed by atoms with Crippen molar-refractivity contribution in [1.82, 2.24) is 15.1 Å². The summed E-state index contributed by atoms with van der Waals surface area (Å²) in [6, 6.07) is 6.85. The smallest absolute Gasteiger partial charge is 0.326 e. The van der Waals surface area contributed by atoms with Crippen LogP contribution in [0.25, 0.3) is 0 Å². The molecule has 0 bridgehead atoms. The number of rotatable bonds is 8. The van der Waals surface area contributed by atoms with Crippen LogP contribution in [0.3, 0.4) is 0 Å². The molecule has 1 saturated carbocycles. The topological polar surface area (TPSA) is 91.0 Å². The van der Waals surface area contributed by atoms with Crippen LogP contribution in [-0.2, 0) is 9.59 Å². The molecular weight excluding hydrogens is 384 g/mol. The fourth-order valence-corrected chi connectivity index (χ4v) is 4.33. The van der Waals surface area contributed by atoms with Gasteiger partial charge < -0.3 is 15.4 Å². The van der Waals surface area contributed by atoms with Crippen molar-refractivity contribution in [2.45, 2.75) is 57.4 Å². The predicted molar refractivity (Wildman–Crippen MR) is 114 cm³/mol. The van der Waals surface area contributed by atoms with Gasteiger partial charge in [-0.15, -0.1) is 0 Å². The molecule has 1 spiro atoms. The summed E-state index contributed by atoms with van der Waals surface area (Å²) in [6.45, 7) is 2.79. The van der Waals surface area contributed by atoms with Crippen LogP contribution in [0.15, 0.2) is 24.3 Å². The Morgan fingerprint density at radius 1 is 1.20 bits per heavy atom. The summed E-state index contributed by atoms with van der Waals surface area (Å²) in [5.41, 5.74) is -0.167. The molecule has 3 rings (SSSR count). The minimum Gasteiger partial charge on any atom is -0.495 e. The second kappa shape index (κ2) is 9.93. The third-order valence-electron chi connectivity index (χ3n) is 5.83. The Labute approximate surface area is 177 Å². The molecule has 1 heterocycles. The van der Waals surface area contributed by atoms with Crippen LogP contribution in [-0.4, -0.2) is 60.1 Å². The minimum atomic E-state index is -0.759. The largest absolute Gasteiger partial charge is 0.495 e. The summed E-state index contributed by atoms with van der Waals surface area (Å²) in [5.74, 6) is 0.210. The highest BCUT2D eigenvalue weighted by Crippen LogP contribution is 2.32. The average Bonchev–Trinajstić information content (AvgIpc) is 2.89. The fourth-order valence-electron chi connectivity index (χ4n) is 4.33. The van der Waals surface area contributed by atoms with Crippen LogP contribution < -0.4 is 15.4 Å². The van der Waals surface area contributed by atoms with Gasteiger partial charge in [-0.1, -0.05) is 44.7 Å². The van der Waals surface area contributed by atoms with Crippen LogP contribution in [0, 0.1) is 0 Å². The van der Waals surface area contributed by atoms with Crippen LogP contribution >= 0.6 is 0 Å². The van der Waals surface area contributed by atoms with Gasteiger partial charge in [-0.2, -0.15) is 0 Å². The van der Waals surface area contributed by atoms with Gasteiger partial charge in [0.2, 0.25) is 5.91 Å². The van der Waals surface area contributed by atoms with Gasteiger partial charge in [-0.3, -0.25) is 14.5 Å². The molecule has 164 valence electrons. The number of urea groups is 1. The zero-order chi connectivity index (χ0) is 21.6. The Morgan fingerprint density at radius 3 is 2.57 bits per heavy atom. The van der Waals surface area contributed by atoms with Crippen LogP contribution in [0.4, 0.5) is 10.5 Å². The molecule has 1 saturated heterocycles. The lowest BCUT2D eigenvalue weighted by atomic mass is 9.90. The number of imide groups is 1. The number of nitrogens with zero attached hydrogens (tertiary/aromatic N) is 2. The molecule has 8 nitrogen and oxygen atoms in total. The third-order valence-corrected chi connectivity index (χ3v) is 5.83. The van der Waals surface area contributed by atoms with Crippen molar-refractivity contribution in [2.24, 2.45) is 0 Å². The monoisotopic (exact) mass is 416 g/mol. The molecule has 1 aromatic carbocycles. The van der Waals surface area contributed by atoms with Gasteiger partial charge in [-0.25, -0.2) is 9.69 Å². The van der Waals surface area contributed by atoms with E-state index in [0.717, 1.165) is 32.1 Å². The maximum Gasteiger partial charge on any atom is 0.326 e. The Morgan fingerprint density at radius 2 is 1.90 bits per heavy atom. The van der Waals surface area contributed by atoms with E-state index in [2.05, 4.69) is 10.6 Å². The number of methoxy groups -OCH3 is 1. The van der Waals surface area contributed by atoms with E-state index in [4.69, 9.17) is 4.74 Å². The van der Waals surface area contributed by atoms with Crippen molar-refractivity contribution in [3.8, 4) is 5.75 Å². The maximum absolute atomic E-state index is 13.1. The Bertz CT molecular complexity index is 774. The van der Waals surface area contributed by atoms with Gasteiger partial charge in [-0.05, 0) is 31.4 Å². The van der Waals surface area contributed by atoms with Crippen LogP contribution in [0.2, 0.25) is 0 Å². The second-order valence-electron chi connectivity index (χ2n) is 8.10. The van der Waals surface area contributed by atoms with Gasteiger partial charge in [0.25, 0.3) is 5.91 Å². The molecule has 1 aliphatic heterocycles. The van der Waals surface area contributed by atoms with E-state index in [0.29, 0.717) is 30.8 Å². The standard InChI is InChI=1S/C22H32N4O4/c1-3-14-25(15-19(27)23-17-10-6-7-11-18(17)30-2)16-26-20(28)22(24-21(26)29)12-8-4-5-9-13-22/h6-7,10-11H,3-5,8-9,12-16H2,1-2H3,(H,23,27)(H,24,29). The number of hydrogen-bond donors (Lipinski definition) is 2. The zero-order valence-electron chi connectivity index (χ0n) is 17.9.